The zero-order chi connectivity index (χ0) is 14.3. The average molecular weight is 270 g/mol. The third-order valence-corrected chi connectivity index (χ3v) is 2.40. The van der Waals surface area contributed by atoms with Gasteiger partial charge in [-0.05, 0) is 31.3 Å². The molecule has 0 radical (unpaired) electrons. The second-order valence-corrected chi connectivity index (χ2v) is 4.21. The molecule has 0 bridgehead atoms. The van der Waals surface area contributed by atoms with Crippen molar-refractivity contribution in [3.05, 3.63) is 29.8 Å². The largest absolute Gasteiger partial charge is 0.491 e. The number of benzene rings is 1. The highest BCUT2D eigenvalue weighted by Gasteiger charge is 2.13. The van der Waals surface area contributed by atoms with Crippen molar-refractivity contribution in [1.29, 1.82) is 5.26 Å². The minimum Gasteiger partial charge on any atom is -0.491 e. The highest BCUT2D eigenvalue weighted by atomic mass is 19.3. The SMILES string of the molecule is CN(CC(F)F)CC(O)COc1ccc(C#N)cc1. The number of alkyl halides is 2. The molecule has 0 saturated heterocycles. The summed E-state index contributed by atoms with van der Waals surface area (Å²) in [7, 11) is 1.51. The van der Waals surface area contributed by atoms with Gasteiger partial charge in [-0.1, -0.05) is 0 Å². The van der Waals surface area contributed by atoms with Gasteiger partial charge in [-0.3, -0.25) is 4.90 Å². The summed E-state index contributed by atoms with van der Waals surface area (Å²) in [6.45, 7) is -0.256. The Morgan fingerprint density at radius 2 is 1.95 bits per heavy atom. The van der Waals surface area contributed by atoms with E-state index >= 15 is 0 Å². The summed E-state index contributed by atoms with van der Waals surface area (Å²) in [5, 5.41) is 18.3. The molecule has 104 valence electrons. The van der Waals surface area contributed by atoms with Crippen LogP contribution in [0.4, 0.5) is 8.78 Å². The standard InChI is InChI=1S/C13H16F2N2O2/c1-17(8-13(14)15)7-11(18)9-19-12-4-2-10(6-16)3-5-12/h2-5,11,13,18H,7-9H2,1H3. The van der Waals surface area contributed by atoms with E-state index < -0.39 is 12.5 Å². The number of aliphatic hydroxyl groups excluding tert-OH is 1. The molecule has 0 aliphatic heterocycles. The monoisotopic (exact) mass is 270 g/mol. The van der Waals surface area contributed by atoms with Crippen molar-refractivity contribution in [3.8, 4) is 11.8 Å². The molecular formula is C13H16F2N2O2. The van der Waals surface area contributed by atoms with Gasteiger partial charge in [0.2, 0.25) is 0 Å². The van der Waals surface area contributed by atoms with Crippen LogP contribution in [0.15, 0.2) is 24.3 Å². The van der Waals surface area contributed by atoms with Gasteiger partial charge in [0.1, 0.15) is 18.5 Å². The van der Waals surface area contributed by atoms with Gasteiger partial charge >= 0.3 is 0 Å². The van der Waals surface area contributed by atoms with Crippen LogP contribution in [-0.2, 0) is 0 Å². The molecule has 0 spiro atoms. The van der Waals surface area contributed by atoms with Crippen molar-refractivity contribution in [2.45, 2.75) is 12.5 Å². The number of likely N-dealkylation sites (N-methyl/N-ethyl adjacent to an activating group) is 1. The Balaban J connectivity index is 2.33. The van der Waals surface area contributed by atoms with Crippen molar-refractivity contribution in [1.82, 2.24) is 4.90 Å². The summed E-state index contributed by atoms with van der Waals surface area (Å²) in [4.78, 5) is 1.34. The minimum absolute atomic E-state index is 0.0134. The molecule has 0 aliphatic rings. The van der Waals surface area contributed by atoms with Gasteiger partial charge in [-0.2, -0.15) is 5.26 Å². The Hall–Kier alpha value is -1.71. The molecule has 4 nitrogen and oxygen atoms in total. The lowest BCUT2D eigenvalue weighted by atomic mass is 10.2. The number of nitriles is 1. The lowest BCUT2D eigenvalue weighted by molar-refractivity contribution is 0.0473. The van der Waals surface area contributed by atoms with E-state index in [0.29, 0.717) is 11.3 Å². The number of hydrogen-bond acceptors (Lipinski definition) is 4. The van der Waals surface area contributed by atoms with Crippen molar-refractivity contribution in [2.75, 3.05) is 26.7 Å². The van der Waals surface area contributed by atoms with Crippen LogP contribution in [0.1, 0.15) is 5.56 Å². The maximum Gasteiger partial charge on any atom is 0.251 e. The van der Waals surface area contributed by atoms with E-state index in [1.54, 1.807) is 24.3 Å². The van der Waals surface area contributed by atoms with Gasteiger partial charge in [0.05, 0.1) is 18.2 Å². The van der Waals surface area contributed by atoms with E-state index in [1.165, 1.54) is 11.9 Å². The van der Waals surface area contributed by atoms with Crippen molar-refractivity contribution < 1.29 is 18.6 Å². The zero-order valence-electron chi connectivity index (χ0n) is 10.6. The molecule has 0 aromatic heterocycles. The van der Waals surface area contributed by atoms with E-state index in [2.05, 4.69) is 0 Å². The van der Waals surface area contributed by atoms with E-state index in [0.717, 1.165) is 0 Å². The molecule has 0 heterocycles. The summed E-state index contributed by atoms with van der Waals surface area (Å²) in [6, 6.07) is 8.42. The van der Waals surface area contributed by atoms with Crippen LogP contribution in [-0.4, -0.2) is 49.3 Å². The van der Waals surface area contributed by atoms with Gasteiger partial charge in [0.15, 0.2) is 0 Å². The van der Waals surface area contributed by atoms with Crippen molar-refractivity contribution in [2.24, 2.45) is 0 Å². The number of ether oxygens (including phenoxy) is 1. The molecule has 0 aliphatic carbocycles. The van der Waals surface area contributed by atoms with Crippen LogP contribution in [0.2, 0.25) is 0 Å². The van der Waals surface area contributed by atoms with Crippen molar-refractivity contribution >= 4 is 0 Å². The van der Waals surface area contributed by atoms with Crippen LogP contribution in [0, 0.1) is 11.3 Å². The second-order valence-electron chi connectivity index (χ2n) is 4.21. The van der Waals surface area contributed by atoms with Crippen LogP contribution < -0.4 is 4.74 Å². The molecule has 19 heavy (non-hydrogen) atoms. The van der Waals surface area contributed by atoms with Crippen LogP contribution in [0.3, 0.4) is 0 Å². The molecule has 1 rings (SSSR count). The smallest absolute Gasteiger partial charge is 0.251 e. The topological polar surface area (TPSA) is 56.5 Å². The predicted molar refractivity (Wildman–Crippen MR) is 66.2 cm³/mol. The van der Waals surface area contributed by atoms with E-state index in [1.807, 2.05) is 6.07 Å². The fraction of sp³-hybridized carbons (Fsp3) is 0.462. The van der Waals surface area contributed by atoms with Gasteiger partial charge < -0.3 is 9.84 Å². The first-order chi connectivity index (χ1) is 9.01. The van der Waals surface area contributed by atoms with Crippen LogP contribution in [0.25, 0.3) is 0 Å². The molecule has 6 heteroatoms. The lowest BCUT2D eigenvalue weighted by Crippen LogP contribution is -2.35. The number of halogens is 2. The number of rotatable bonds is 7. The maximum absolute atomic E-state index is 12.1. The predicted octanol–water partition coefficient (Wildman–Crippen LogP) is 1.49. The fourth-order valence-corrected chi connectivity index (χ4v) is 1.54. The Labute approximate surface area is 110 Å². The Morgan fingerprint density at radius 1 is 1.32 bits per heavy atom. The highest BCUT2D eigenvalue weighted by molar-refractivity contribution is 5.34. The molecule has 1 aromatic carbocycles. The van der Waals surface area contributed by atoms with E-state index in [9.17, 15) is 13.9 Å². The molecule has 0 amide bonds. The number of nitrogens with zero attached hydrogens (tertiary/aromatic N) is 2. The third kappa shape index (κ3) is 6.13. The van der Waals surface area contributed by atoms with Gasteiger partial charge in [0.25, 0.3) is 6.43 Å². The first-order valence-electron chi connectivity index (χ1n) is 5.79. The lowest BCUT2D eigenvalue weighted by Gasteiger charge is -2.20. The Morgan fingerprint density at radius 3 is 2.47 bits per heavy atom. The van der Waals surface area contributed by atoms with Crippen LogP contribution >= 0.6 is 0 Å². The summed E-state index contributed by atoms with van der Waals surface area (Å²) >= 11 is 0. The van der Waals surface area contributed by atoms with E-state index in [-0.39, 0.29) is 19.7 Å². The molecule has 1 N–H and O–H groups in total. The fourth-order valence-electron chi connectivity index (χ4n) is 1.54. The molecule has 0 fully saturated rings. The van der Waals surface area contributed by atoms with Gasteiger partial charge in [-0.25, -0.2) is 8.78 Å². The summed E-state index contributed by atoms with van der Waals surface area (Å²) in [5.74, 6) is 0.523. The minimum atomic E-state index is -2.42. The van der Waals surface area contributed by atoms with Crippen LogP contribution in [0.5, 0.6) is 5.75 Å². The molecule has 0 saturated carbocycles. The zero-order valence-corrected chi connectivity index (χ0v) is 10.6. The molecule has 1 atom stereocenters. The summed E-state index contributed by atoms with van der Waals surface area (Å²) in [5.41, 5.74) is 0.518. The number of hydrogen-bond donors (Lipinski definition) is 1. The van der Waals surface area contributed by atoms with E-state index in [4.69, 9.17) is 10.00 Å². The average Bonchev–Trinajstić information content (AvgIpc) is 2.36. The van der Waals surface area contributed by atoms with Gasteiger partial charge in [-0.15, -0.1) is 0 Å². The Bertz CT molecular complexity index is 418. The first kappa shape index (κ1) is 15.3. The molecular weight excluding hydrogens is 254 g/mol. The highest BCUT2D eigenvalue weighted by Crippen LogP contribution is 2.11. The first-order valence-corrected chi connectivity index (χ1v) is 5.79. The van der Waals surface area contributed by atoms with Crippen molar-refractivity contribution in [3.63, 3.8) is 0 Å². The Kier molecular flexibility index (Phi) is 6.19. The quantitative estimate of drug-likeness (QED) is 0.815. The third-order valence-electron chi connectivity index (χ3n) is 2.40. The maximum atomic E-state index is 12.1. The molecule has 1 unspecified atom stereocenters. The number of aliphatic hydroxyl groups is 1. The second kappa shape index (κ2) is 7.67. The summed E-state index contributed by atoms with van der Waals surface area (Å²) in [6.07, 6.45) is -3.27. The summed E-state index contributed by atoms with van der Waals surface area (Å²) < 4.78 is 29.5. The normalized spacial score (nSPS) is 12.5. The molecule has 1 aromatic rings. The van der Waals surface area contributed by atoms with Gasteiger partial charge in [0, 0.05) is 6.54 Å².